The molecule has 0 spiro atoms. The van der Waals surface area contributed by atoms with Crippen LogP contribution in [-0.2, 0) is 0 Å². The predicted molar refractivity (Wildman–Crippen MR) is 66.1 cm³/mol. The molecule has 1 aliphatic heterocycles. The first kappa shape index (κ1) is 12.0. The van der Waals surface area contributed by atoms with E-state index < -0.39 is 4.92 Å². The number of nitro benzene ring substituents is 1. The topological polar surface area (TPSA) is 55.6 Å². The Hall–Kier alpha value is -1.49. The number of benzene rings is 1. The summed E-state index contributed by atoms with van der Waals surface area (Å²) in [5.74, 6) is 0.464. The monoisotopic (exact) mass is 256 g/mol. The molecule has 0 bridgehead atoms. The van der Waals surface area contributed by atoms with Gasteiger partial charge < -0.3 is 9.64 Å². The molecule has 2 rings (SSSR count). The third-order valence-electron chi connectivity index (χ3n) is 2.87. The van der Waals surface area contributed by atoms with E-state index in [9.17, 15) is 10.1 Å². The molecule has 0 unspecified atom stereocenters. The highest BCUT2D eigenvalue weighted by Gasteiger charge is 2.22. The molecule has 0 atom stereocenters. The fraction of sp³-hybridized carbons (Fsp3) is 0.455. The average Bonchev–Trinajstić information content (AvgIpc) is 2.80. The van der Waals surface area contributed by atoms with E-state index in [0.29, 0.717) is 10.8 Å². The van der Waals surface area contributed by atoms with Gasteiger partial charge in [-0.25, -0.2) is 0 Å². The summed E-state index contributed by atoms with van der Waals surface area (Å²) in [6.45, 7) is 1.82. The summed E-state index contributed by atoms with van der Waals surface area (Å²) in [5, 5.41) is 11.1. The number of halogens is 1. The average molecular weight is 257 g/mol. The molecule has 0 N–H and O–H groups in total. The van der Waals surface area contributed by atoms with Gasteiger partial charge in [0.1, 0.15) is 0 Å². The van der Waals surface area contributed by atoms with E-state index in [1.54, 1.807) is 0 Å². The first-order valence-electron chi connectivity index (χ1n) is 5.40. The Morgan fingerprint density at radius 1 is 1.41 bits per heavy atom. The Labute approximate surface area is 104 Å². The lowest BCUT2D eigenvalue weighted by Gasteiger charge is -2.21. The predicted octanol–water partition coefficient (Wildman–Crippen LogP) is 2.86. The lowest BCUT2D eigenvalue weighted by molar-refractivity contribution is -0.384. The minimum Gasteiger partial charge on any atom is -0.494 e. The summed E-state index contributed by atoms with van der Waals surface area (Å²) < 4.78 is 5.20. The number of hydrogen-bond donors (Lipinski definition) is 0. The molecule has 0 saturated carbocycles. The quantitative estimate of drug-likeness (QED) is 0.616. The normalized spacial score (nSPS) is 15.1. The smallest absolute Gasteiger partial charge is 0.274 e. The molecular formula is C11H13ClN2O3. The van der Waals surface area contributed by atoms with Crippen LogP contribution in [0.3, 0.4) is 0 Å². The van der Waals surface area contributed by atoms with E-state index in [0.717, 1.165) is 31.6 Å². The minimum absolute atomic E-state index is 0.0465. The highest BCUT2D eigenvalue weighted by Crippen LogP contribution is 2.40. The van der Waals surface area contributed by atoms with Crippen molar-refractivity contribution in [2.75, 3.05) is 25.1 Å². The zero-order chi connectivity index (χ0) is 12.4. The van der Waals surface area contributed by atoms with Gasteiger partial charge in [-0.2, -0.15) is 0 Å². The van der Waals surface area contributed by atoms with Crippen molar-refractivity contribution in [3.63, 3.8) is 0 Å². The van der Waals surface area contributed by atoms with E-state index >= 15 is 0 Å². The fourth-order valence-electron chi connectivity index (χ4n) is 2.07. The van der Waals surface area contributed by atoms with E-state index in [-0.39, 0.29) is 5.69 Å². The van der Waals surface area contributed by atoms with Gasteiger partial charge in [0.15, 0.2) is 5.75 Å². The molecule has 0 aliphatic carbocycles. The Kier molecular flexibility index (Phi) is 3.38. The van der Waals surface area contributed by atoms with E-state index in [4.69, 9.17) is 16.3 Å². The van der Waals surface area contributed by atoms with E-state index in [2.05, 4.69) is 4.90 Å². The van der Waals surface area contributed by atoms with Crippen LogP contribution in [-0.4, -0.2) is 25.1 Å². The standard InChI is InChI=1S/C11H13ClN2O3/c1-17-10-7-8(14(15)16)6-9(12)11(10)13-4-2-3-5-13/h6-7H,2-5H2,1H3. The minimum atomic E-state index is -0.470. The highest BCUT2D eigenvalue weighted by molar-refractivity contribution is 6.34. The fourth-order valence-corrected chi connectivity index (χ4v) is 2.39. The molecule has 1 aliphatic rings. The first-order valence-corrected chi connectivity index (χ1v) is 5.78. The summed E-state index contributed by atoms with van der Waals surface area (Å²) in [4.78, 5) is 12.4. The van der Waals surface area contributed by atoms with Gasteiger partial charge in [-0.15, -0.1) is 0 Å². The number of rotatable bonds is 3. The van der Waals surface area contributed by atoms with Crippen LogP contribution in [0, 0.1) is 10.1 Å². The number of nitrogens with zero attached hydrogens (tertiary/aromatic N) is 2. The highest BCUT2D eigenvalue weighted by atomic mass is 35.5. The van der Waals surface area contributed by atoms with Crippen LogP contribution >= 0.6 is 11.6 Å². The first-order chi connectivity index (χ1) is 8.13. The molecule has 1 saturated heterocycles. The third-order valence-corrected chi connectivity index (χ3v) is 3.15. The van der Waals surface area contributed by atoms with Crippen molar-refractivity contribution >= 4 is 23.0 Å². The summed E-state index contributed by atoms with van der Waals surface area (Å²) in [6, 6.07) is 2.79. The molecular weight excluding hydrogens is 244 g/mol. The van der Waals surface area contributed by atoms with Crippen LogP contribution in [0.4, 0.5) is 11.4 Å². The van der Waals surface area contributed by atoms with Gasteiger partial charge in [0, 0.05) is 19.2 Å². The van der Waals surface area contributed by atoms with E-state index in [1.807, 2.05) is 0 Å². The molecule has 0 amide bonds. The van der Waals surface area contributed by atoms with Gasteiger partial charge in [0.05, 0.1) is 28.8 Å². The third kappa shape index (κ3) is 2.29. The summed E-state index contributed by atoms with van der Waals surface area (Å²) in [6.07, 6.45) is 2.22. The van der Waals surface area contributed by atoms with Gasteiger partial charge in [-0.05, 0) is 12.8 Å². The maximum Gasteiger partial charge on any atom is 0.274 e. The number of nitro groups is 1. The molecule has 1 aromatic carbocycles. The van der Waals surface area contributed by atoms with Crippen LogP contribution in [0.15, 0.2) is 12.1 Å². The van der Waals surface area contributed by atoms with Crippen molar-refractivity contribution in [1.29, 1.82) is 0 Å². The van der Waals surface area contributed by atoms with Crippen molar-refractivity contribution in [2.24, 2.45) is 0 Å². The Bertz CT molecular complexity index is 445. The molecule has 0 aromatic heterocycles. The van der Waals surface area contributed by atoms with Gasteiger partial charge in [-0.1, -0.05) is 11.6 Å². The summed E-state index contributed by atoms with van der Waals surface area (Å²) in [5.41, 5.74) is 0.715. The van der Waals surface area contributed by atoms with Gasteiger partial charge in [0.2, 0.25) is 0 Å². The van der Waals surface area contributed by atoms with Gasteiger partial charge >= 0.3 is 0 Å². The Balaban J connectivity index is 2.46. The van der Waals surface area contributed by atoms with Gasteiger partial charge in [-0.3, -0.25) is 10.1 Å². The molecule has 1 aromatic rings. The van der Waals surface area contributed by atoms with Crippen molar-refractivity contribution in [2.45, 2.75) is 12.8 Å². The molecule has 5 nitrogen and oxygen atoms in total. The lowest BCUT2D eigenvalue weighted by atomic mass is 10.2. The van der Waals surface area contributed by atoms with Crippen LogP contribution in [0.1, 0.15) is 12.8 Å². The Morgan fingerprint density at radius 2 is 2.06 bits per heavy atom. The van der Waals surface area contributed by atoms with Crippen LogP contribution in [0.25, 0.3) is 0 Å². The molecule has 1 heterocycles. The van der Waals surface area contributed by atoms with Crippen LogP contribution in [0.2, 0.25) is 5.02 Å². The van der Waals surface area contributed by atoms with Crippen molar-refractivity contribution < 1.29 is 9.66 Å². The maximum atomic E-state index is 10.7. The molecule has 92 valence electrons. The largest absolute Gasteiger partial charge is 0.494 e. The molecule has 17 heavy (non-hydrogen) atoms. The second-order valence-electron chi connectivity index (χ2n) is 3.93. The number of ether oxygens (including phenoxy) is 1. The Morgan fingerprint density at radius 3 is 2.59 bits per heavy atom. The second kappa shape index (κ2) is 4.79. The van der Waals surface area contributed by atoms with Crippen LogP contribution in [0.5, 0.6) is 5.75 Å². The molecule has 0 radical (unpaired) electrons. The number of methoxy groups -OCH3 is 1. The SMILES string of the molecule is COc1cc([N+](=O)[O-])cc(Cl)c1N1CCCC1. The molecule has 6 heteroatoms. The van der Waals surface area contributed by atoms with Gasteiger partial charge in [0.25, 0.3) is 5.69 Å². The van der Waals surface area contributed by atoms with E-state index in [1.165, 1.54) is 19.2 Å². The summed E-state index contributed by atoms with van der Waals surface area (Å²) in [7, 11) is 1.49. The number of non-ortho nitro benzene ring substituents is 1. The van der Waals surface area contributed by atoms with Crippen molar-refractivity contribution in [3.05, 3.63) is 27.3 Å². The zero-order valence-electron chi connectivity index (χ0n) is 9.48. The maximum absolute atomic E-state index is 10.7. The second-order valence-corrected chi connectivity index (χ2v) is 4.34. The molecule has 1 fully saturated rings. The van der Waals surface area contributed by atoms with Crippen molar-refractivity contribution in [1.82, 2.24) is 0 Å². The summed E-state index contributed by atoms with van der Waals surface area (Å²) >= 11 is 6.11. The number of anilines is 1. The van der Waals surface area contributed by atoms with Crippen molar-refractivity contribution in [3.8, 4) is 5.75 Å². The lowest BCUT2D eigenvalue weighted by Crippen LogP contribution is -2.19. The zero-order valence-corrected chi connectivity index (χ0v) is 10.2. The number of hydrogen-bond acceptors (Lipinski definition) is 4. The van der Waals surface area contributed by atoms with Crippen LogP contribution < -0.4 is 9.64 Å².